The third kappa shape index (κ3) is 5.17. The highest BCUT2D eigenvalue weighted by atomic mass is 35.5. The van der Waals surface area contributed by atoms with Crippen LogP contribution in [-0.4, -0.2) is 38.2 Å². The second-order valence-electron chi connectivity index (χ2n) is 6.61. The highest BCUT2D eigenvalue weighted by molar-refractivity contribution is 6.30. The summed E-state index contributed by atoms with van der Waals surface area (Å²) in [5.74, 6) is -0.769. The Balaban J connectivity index is 1.77. The monoisotopic (exact) mass is 458 g/mol. The Morgan fingerprint density at radius 3 is 2.65 bits per heavy atom. The van der Waals surface area contributed by atoms with Crippen molar-refractivity contribution in [2.45, 2.75) is 32.4 Å². The van der Waals surface area contributed by atoms with Crippen molar-refractivity contribution in [2.24, 2.45) is 7.05 Å². The minimum absolute atomic E-state index is 0.000502. The number of ether oxygens (including phenoxy) is 1. The van der Waals surface area contributed by atoms with Crippen molar-refractivity contribution in [2.75, 3.05) is 0 Å². The molecule has 166 valence electrons. The maximum absolute atomic E-state index is 12.7. The molecule has 31 heavy (non-hydrogen) atoms. The lowest BCUT2D eigenvalue weighted by Gasteiger charge is -2.16. The largest absolute Gasteiger partial charge is 0.471 e. The van der Waals surface area contributed by atoms with Crippen LogP contribution in [0, 0.1) is 0 Å². The highest BCUT2D eigenvalue weighted by Crippen LogP contribution is 2.28. The van der Waals surface area contributed by atoms with Crippen LogP contribution in [0.4, 0.5) is 13.2 Å². The van der Waals surface area contributed by atoms with Crippen LogP contribution in [0.25, 0.3) is 11.3 Å². The fourth-order valence-corrected chi connectivity index (χ4v) is 2.80. The van der Waals surface area contributed by atoms with Gasteiger partial charge in [0.15, 0.2) is 5.76 Å². The number of hydrogen-bond donors (Lipinski definition) is 2. The third-order valence-corrected chi connectivity index (χ3v) is 4.68. The number of aliphatic hydroxyl groups is 1. The minimum atomic E-state index is -4.57. The first-order valence-corrected chi connectivity index (χ1v) is 9.36. The van der Waals surface area contributed by atoms with E-state index < -0.39 is 24.7 Å². The van der Waals surface area contributed by atoms with Crippen LogP contribution in [0.1, 0.15) is 28.7 Å². The fourth-order valence-electron chi connectivity index (χ4n) is 2.67. The van der Waals surface area contributed by atoms with E-state index >= 15 is 0 Å². The summed E-state index contributed by atoms with van der Waals surface area (Å²) < 4.78 is 49.9. The molecule has 0 aliphatic carbocycles. The Morgan fingerprint density at radius 2 is 2.03 bits per heavy atom. The van der Waals surface area contributed by atoms with Crippen LogP contribution in [0.15, 0.2) is 34.9 Å². The van der Waals surface area contributed by atoms with Crippen molar-refractivity contribution in [3.63, 3.8) is 0 Å². The summed E-state index contributed by atoms with van der Waals surface area (Å²) in [5, 5.41) is 19.9. The van der Waals surface area contributed by atoms with Gasteiger partial charge < -0.3 is 19.7 Å². The van der Waals surface area contributed by atoms with Crippen molar-refractivity contribution in [3.8, 4) is 17.1 Å². The maximum atomic E-state index is 12.7. The zero-order valence-corrected chi connectivity index (χ0v) is 17.2. The number of aromatic nitrogens is 3. The number of rotatable bonds is 7. The van der Waals surface area contributed by atoms with E-state index in [1.165, 1.54) is 13.1 Å². The molecule has 0 radical (unpaired) electrons. The molecule has 0 spiro atoms. The van der Waals surface area contributed by atoms with Gasteiger partial charge in [0.2, 0.25) is 5.88 Å². The maximum Gasteiger partial charge on any atom is 0.408 e. The van der Waals surface area contributed by atoms with E-state index in [9.17, 15) is 23.1 Å². The number of aryl methyl sites for hydroxylation is 1. The summed E-state index contributed by atoms with van der Waals surface area (Å²) >= 11 is 5.90. The molecule has 2 N–H and O–H groups in total. The van der Waals surface area contributed by atoms with Crippen LogP contribution in [0.3, 0.4) is 0 Å². The molecule has 0 unspecified atom stereocenters. The van der Waals surface area contributed by atoms with Crippen molar-refractivity contribution < 1.29 is 32.3 Å². The zero-order chi connectivity index (χ0) is 22.8. The number of benzene rings is 1. The summed E-state index contributed by atoms with van der Waals surface area (Å²) in [6, 6.07) is 5.96. The van der Waals surface area contributed by atoms with Crippen LogP contribution in [0.5, 0.6) is 5.88 Å². The number of nitrogens with zero attached hydrogens (tertiary/aromatic N) is 3. The van der Waals surface area contributed by atoms with Gasteiger partial charge in [-0.05, 0) is 19.1 Å². The molecular formula is C19H18ClF3N4O4. The molecule has 0 aliphatic rings. The first-order valence-electron chi connectivity index (χ1n) is 8.98. The fraction of sp³-hybridized carbons (Fsp3) is 0.316. The van der Waals surface area contributed by atoms with Crippen LogP contribution < -0.4 is 10.1 Å². The standard InChI is InChI=1S/C19H18ClF3N4O4/c1-10(19(21,22)23)24-18(29)14-7-16(25-27(14)2)30-9-13-15(8-28)31-26-17(13)11-3-5-12(20)6-4-11/h3-7,10,28H,8-9H2,1-2H3,(H,24,29)/t10-/m1/s1. The van der Waals surface area contributed by atoms with Crippen molar-refractivity contribution >= 4 is 17.5 Å². The molecule has 0 fully saturated rings. The lowest BCUT2D eigenvalue weighted by molar-refractivity contribution is -0.149. The van der Waals surface area contributed by atoms with E-state index in [0.717, 1.165) is 11.6 Å². The first kappa shape index (κ1) is 22.6. The zero-order valence-electron chi connectivity index (χ0n) is 16.4. The quantitative estimate of drug-likeness (QED) is 0.562. The predicted molar refractivity (Wildman–Crippen MR) is 103 cm³/mol. The molecule has 2 aromatic heterocycles. The lowest BCUT2D eigenvalue weighted by Crippen LogP contribution is -2.43. The summed E-state index contributed by atoms with van der Waals surface area (Å²) in [5.41, 5.74) is 1.44. The van der Waals surface area contributed by atoms with Gasteiger partial charge in [0.25, 0.3) is 5.91 Å². The Labute approximate surface area is 179 Å². The van der Waals surface area contributed by atoms with Crippen LogP contribution >= 0.6 is 11.6 Å². The molecule has 0 saturated heterocycles. The Morgan fingerprint density at radius 1 is 1.35 bits per heavy atom. The minimum Gasteiger partial charge on any atom is -0.471 e. The molecule has 3 rings (SSSR count). The molecule has 2 heterocycles. The van der Waals surface area contributed by atoms with Crippen LogP contribution in [0.2, 0.25) is 5.02 Å². The number of aliphatic hydroxyl groups excluding tert-OH is 1. The number of amides is 1. The molecule has 12 heteroatoms. The second-order valence-corrected chi connectivity index (χ2v) is 7.05. The van der Waals surface area contributed by atoms with E-state index in [2.05, 4.69) is 10.3 Å². The molecule has 1 atom stereocenters. The Kier molecular flexibility index (Phi) is 6.56. The molecule has 8 nitrogen and oxygen atoms in total. The second kappa shape index (κ2) is 8.98. The SMILES string of the molecule is C[C@@H](NC(=O)c1cc(OCc2c(-c3ccc(Cl)cc3)noc2CO)nn1C)C(F)(F)F. The van der Waals surface area contributed by atoms with Gasteiger partial charge in [-0.25, -0.2) is 0 Å². The Bertz CT molecular complexity index is 1060. The summed E-state index contributed by atoms with van der Waals surface area (Å²) in [7, 11) is 1.40. The van der Waals surface area contributed by atoms with Gasteiger partial charge in [-0.2, -0.15) is 13.2 Å². The predicted octanol–water partition coefficient (Wildman–Crippen LogP) is 3.48. The number of hydrogen-bond acceptors (Lipinski definition) is 6. The number of carbonyl (C=O) groups is 1. The molecule has 1 aromatic carbocycles. The van der Waals surface area contributed by atoms with Crippen molar-refractivity contribution in [1.29, 1.82) is 0 Å². The number of alkyl halides is 3. The van der Waals surface area contributed by atoms with Gasteiger partial charge in [0, 0.05) is 23.7 Å². The van der Waals surface area contributed by atoms with Gasteiger partial charge >= 0.3 is 6.18 Å². The average Bonchev–Trinajstić information content (AvgIpc) is 3.29. The van der Waals surface area contributed by atoms with E-state index in [0.29, 0.717) is 21.8 Å². The van der Waals surface area contributed by atoms with Gasteiger partial charge in [-0.3, -0.25) is 9.48 Å². The normalized spacial score (nSPS) is 12.6. The molecule has 3 aromatic rings. The Hall–Kier alpha value is -3.05. The molecule has 1 amide bonds. The van der Waals surface area contributed by atoms with E-state index in [4.69, 9.17) is 20.9 Å². The van der Waals surface area contributed by atoms with E-state index in [1.54, 1.807) is 24.3 Å². The number of nitrogens with one attached hydrogen (secondary N) is 1. The van der Waals surface area contributed by atoms with Gasteiger partial charge in [0.05, 0.1) is 5.56 Å². The summed E-state index contributed by atoms with van der Waals surface area (Å²) in [4.78, 5) is 12.1. The first-order chi connectivity index (χ1) is 14.6. The summed E-state index contributed by atoms with van der Waals surface area (Å²) in [6.07, 6.45) is -4.57. The third-order valence-electron chi connectivity index (χ3n) is 4.42. The van der Waals surface area contributed by atoms with Gasteiger partial charge in [-0.1, -0.05) is 28.9 Å². The number of carbonyl (C=O) groups excluding carboxylic acids is 1. The summed E-state index contributed by atoms with van der Waals surface area (Å²) in [6.45, 7) is 0.297. The van der Waals surface area contributed by atoms with Crippen LogP contribution in [-0.2, 0) is 20.3 Å². The van der Waals surface area contributed by atoms with Gasteiger partial charge in [0.1, 0.15) is 30.6 Å². The molecular weight excluding hydrogens is 441 g/mol. The van der Waals surface area contributed by atoms with E-state index in [1.807, 2.05) is 5.32 Å². The average molecular weight is 459 g/mol. The van der Waals surface area contributed by atoms with Crippen molar-refractivity contribution in [1.82, 2.24) is 20.3 Å². The topological polar surface area (TPSA) is 102 Å². The number of halogens is 4. The smallest absolute Gasteiger partial charge is 0.408 e. The molecule has 0 bridgehead atoms. The van der Waals surface area contributed by atoms with E-state index in [-0.39, 0.29) is 23.9 Å². The lowest BCUT2D eigenvalue weighted by atomic mass is 10.1. The molecule has 0 saturated carbocycles. The van der Waals surface area contributed by atoms with Crippen molar-refractivity contribution in [3.05, 3.63) is 52.4 Å². The molecule has 0 aliphatic heterocycles. The highest BCUT2D eigenvalue weighted by Gasteiger charge is 2.37. The van der Waals surface area contributed by atoms with Gasteiger partial charge in [-0.15, -0.1) is 5.10 Å².